The van der Waals surface area contributed by atoms with E-state index in [9.17, 15) is 14.7 Å². The van der Waals surface area contributed by atoms with Gasteiger partial charge in [0, 0.05) is 13.5 Å². The molecule has 0 aliphatic rings. The van der Waals surface area contributed by atoms with Crippen molar-refractivity contribution in [2.75, 3.05) is 7.05 Å². The van der Waals surface area contributed by atoms with Crippen LogP contribution in [0.25, 0.3) is 0 Å². The molecule has 1 unspecified atom stereocenters. The van der Waals surface area contributed by atoms with Crippen molar-refractivity contribution in [2.45, 2.75) is 38.8 Å². The average molecular weight is 304 g/mol. The number of carboxylic acids is 1. The largest absolute Gasteiger partial charge is 0.480 e. The first-order valence-corrected chi connectivity index (χ1v) is 6.81. The number of nitriles is 1. The lowest BCUT2D eigenvalue weighted by molar-refractivity contribution is -0.142. The number of carbonyl (C=O) groups is 2. The minimum Gasteiger partial charge on any atom is -0.480 e. The van der Waals surface area contributed by atoms with Crippen LogP contribution in [0.2, 0.25) is 0 Å². The molecule has 1 N–H and O–H groups in total. The van der Waals surface area contributed by atoms with Gasteiger partial charge >= 0.3 is 12.1 Å². The summed E-state index contributed by atoms with van der Waals surface area (Å²) in [6.07, 6.45) is -0.600. The molecule has 1 amide bonds. The molecule has 0 bridgehead atoms. The third-order valence-electron chi connectivity index (χ3n) is 2.92. The van der Waals surface area contributed by atoms with Crippen molar-refractivity contribution in [1.82, 2.24) is 4.90 Å². The van der Waals surface area contributed by atoms with Crippen molar-refractivity contribution in [3.05, 3.63) is 35.4 Å². The van der Waals surface area contributed by atoms with Crippen molar-refractivity contribution in [1.29, 1.82) is 5.26 Å². The van der Waals surface area contributed by atoms with Crippen molar-refractivity contribution in [3.8, 4) is 6.07 Å². The summed E-state index contributed by atoms with van der Waals surface area (Å²) in [5, 5.41) is 18.2. The molecule has 0 aliphatic carbocycles. The van der Waals surface area contributed by atoms with E-state index in [2.05, 4.69) is 0 Å². The van der Waals surface area contributed by atoms with Gasteiger partial charge in [0.05, 0.1) is 11.6 Å². The van der Waals surface area contributed by atoms with Crippen LogP contribution in [-0.4, -0.2) is 40.8 Å². The SMILES string of the molecule is CN(C(=O)OC(C)(C)C)C(Cc1cccc(C#N)c1)C(=O)O. The van der Waals surface area contributed by atoms with Gasteiger partial charge in [0.2, 0.25) is 0 Å². The van der Waals surface area contributed by atoms with Gasteiger partial charge in [0.25, 0.3) is 0 Å². The molecule has 0 spiro atoms. The number of ether oxygens (including phenoxy) is 1. The number of aliphatic carboxylic acids is 1. The third-order valence-corrected chi connectivity index (χ3v) is 2.92. The van der Waals surface area contributed by atoms with Crippen LogP contribution in [0.15, 0.2) is 24.3 Å². The Bertz CT molecular complexity index is 599. The third kappa shape index (κ3) is 5.09. The van der Waals surface area contributed by atoms with Crippen LogP contribution in [0.3, 0.4) is 0 Å². The zero-order valence-corrected chi connectivity index (χ0v) is 13.2. The first kappa shape index (κ1) is 17.5. The first-order valence-electron chi connectivity index (χ1n) is 6.81. The molecule has 0 radical (unpaired) electrons. The predicted octanol–water partition coefficient (Wildman–Crippen LogP) is 2.42. The van der Waals surface area contributed by atoms with Crippen molar-refractivity contribution in [3.63, 3.8) is 0 Å². The predicted molar refractivity (Wildman–Crippen MR) is 80.3 cm³/mol. The van der Waals surface area contributed by atoms with Gasteiger partial charge in [-0.2, -0.15) is 5.26 Å². The number of carbonyl (C=O) groups excluding carboxylic acids is 1. The monoisotopic (exact) mass is 304 g/mol. The molecular formula is C16H20N2O4. The van der Waals surface area contributed by atoms with Crippen molar-refractivity contribution < 1.29 is 19.4 Å². The number of amides is 1. The topological polar surface area (TPSA) is 90.6 Å². The summed E-state index contributed by atoms with van der Waals surface area (Å²) in [4.78, 5) is 24.5. The minimum absolute atomic E-state index is 0.0978. The molecule has 1 rings (SSSR count). The molecular weight excluding hydrogens is 284 g/mol. The molecule has 118 valence electrons. The Morgan fingerprint density at radius 3 is 2.55 bits per heavy atom. The lowest BCUT2D eigenvalue weighted by Gasteiger charge is -2.28. The maximum atomic E-state index is 12.0. The van der Waals surface area contributed by atoms with Crippen LogP contribution in [0.5, 0.6) is 0 Å². The summed E-state index contributed by atoms with van der Waals surface area (Å²) in [7, 11) is 1.39. The highest BCUT2D eigenvalue weighted by Crippen LogP contribution is 2.14. The number of nitrogens with zero attached hydrogens (tertiary/aromatic N) is 2. The quantitative estimate of drug-likeness (QED) is 0.922. The number of carboxylic acid groups (broad SMARTS) is 1. The Kier molecular flexibility index (Phi) is 5.52. The van der Waals surface area contributed by atoms with E-state index in [1.165, 1.54) is 7.05 Å². The highest BCUT2D eigenvalue weighted by Gasteiger charge is 2.30. The van der Waals surface area contributed by atoms with E-state index in [1.807, 2.05) is 6.07 Å². The molecule has 22 heavy (non-hydrogen) atoms. The van der Waals surface area contributed by atoms with E-state index in [0.717, 1.165) is 4.90 Å². The van der Waals surface area contributed by atoms with E-state index < -0.39 is 23.7 Å². The van der Waals surface area contributed by atoms with Crippen LogP contribution >= 0.6 is 0 Å². The summed E-state index contributed by atoms with van der Waals surface area (Å²) >= 11 is 0. The van der Waals surface area contributed by atoms with Crippen LogP contribution in [0.4, 0.5) is 4.79 Å². The highest BCUT2D eigenvalue weighted by atomic mass is 16.6. The van der Waals surface area contributed by atoms with Gasteiger partial charge in [0.1, 0.15) is 11.6 Å². The normalized spacial score (nSPS) is 12.1. The fourth-order valence-electron chi connectivity index (χ4n) is 1.84. The summed E-state index contributed by atoms with van der Waals surface area (Å²) in [6, 6.07) is 7.58. The molecule has 0 saturated heterocycles. The fraction of sp³-hybridized carbons (Fsp3) is 0.438. The minimum atomic E-state index is -1.13. The number of likely N-dealkylation sites (N-methyl/N-ethyl adjacent to an activating group) is 1. The molecule has 0 saturated carbocycles. The summed E-state index contributed by atoms with van der Waals surface area (Å²) in [5.41, 5.74) is 0.415. The molecule has 1 aromatic rings. The lowest BCUT2D eigenvalue weighted by atomic mass is 10.0. The Morgan fingerprint density at radius 2 is 2.05 bits per heavy atom. The van der Waals surface area contributed by atoms with Gasteiger partial charge in [-0.1, -0.05) is 12.1 Å². The van der Waals surface area contributed by atoms with Crippen LogP contribution in [0.1, 0.15) is 31.9 Å². The second-order valence-corrected chi connectivity index (χ2v) is 5.96. The van der Waals surface area contributed by atoms with Crippen LogP contribution in [0, 0.1) is 11.3 Å². The van der Waals surface area contributed by atoms with Gasteiger partial charge in [-0.25, -0.2) is 9.59 Å². The summed E-state index contributed by atoms with van der Waals surface area (Å²) in [5.74, 6) is -1.13. The van der Waals surface area contributed by atoms with E-state index in [-0.39, 0.29) is 6.42 Å². The lowest BCUT2D eigenvalue weighted by Crippen LogP contribution is -2.46. The zero-order valence-electron chi connectivity index (χ0n) is 13.2. The second kappa shape index (κ2) is 6.94. The van der Waals surface area contributed by atoms with Crippen LogP contribution < -0.4 is 0 Å². The Morgan fingerprint density at radius 1 is 1.41 bits per heavy atom. The molecule has 1 aromatic carbocycles. The van der Waals surface area contributed by atoms with Crippen molar-refractivity contribution in [2.24, 2.45) is 0 Å². The second-order valence-electron chi connectivity index (χ2n) is 5.96. The highest BCUT2D eigenvalue weighted by molar-refractivity contribution is 5.80. The average Bonchev–Trinajstić information content (AvgIpc) is 2.42. The molecule has 6 nitrogen and oxygen atoms in total. The Hall–Kier alpha value is -2.55. The van der Waals surface area contributed by atoms with Crippen molar-refractivity contribution >= 4 is 12.1 Å². The molecule has 0 aromatic heterocycles. The fourth-order valence-corrected chi connectivity index (χ4v) is 1.84. The zero-order chi connectivity index (χ0) is 16.9. The Balaban J connectivity index is 2.92. The maximum Gasteiger partial charge on any atom is 0.410 e. The molecule has 0 heterocycles. The number of hydrogen-bond donors (Lipinski definition) is 1. The van der Waals surface area contributed by atoms with E-state index in [0.29, 0.717) is 11.1 Å². The standard InChI is InChI=1S/C16H20N2O4/c1-16(2,3)22-15(21)18(4)13(14(19)20)9-11-6-5-7-12(8-11)10-17/h5-8,13H,9H2,1-4H3,(H,19,20). The number of hydrogen-bond acceptors (Lipinski definition) is 4. The Labute approximate surface area is 129 Å². The molecule has 0 aliphatic heterocycles. The smallest absolute Gasteiger partial charge is 0.410 e. The molecule has 0 fully saturated rings. The van der Waals surface area contributed by atoms with Gasteiger partial charge in [-0.05, 0) is 38.5 Å². The number of rotatable bonds is 4. The maximum absolute atomic E-state index is 12.0. The van der Waals surface area contributed by atoms with Gasteiger partial charge in [-0.15, -0.1) is 0 Å². The van der Waals surface area contributed by atoms with Crippen LogP contribution in [-0.2, 0) is 16.0 Å². The number of benzene rings is 1. The summed E-state index contributed by atoms with van der Waals surface area (Å²) in [6.45, 7) is 5.14. The first-order chi connectivity index (χ1) is 10.1. The van der Waals surface area contributed by atoms with E-state index >= 15 is 0 Å². The molecule has 1 atom stereocenters. The van der Waals surface area contributed by atoms with Gasteiger partial charge < -0.3 is 9.84 Å². The van der Waals surface area contributed by atoms with Gasteiger partial charge in [-0.3, -0.25) is 4.90 Å². The van der Waals surface area contributed by atoms with E-state index in [1.54, 1.807) is 45.0 Å². The van der Waals surface area contributed by atoms with E-state index in [4.69, 9.17) is 10.00 Å². The summed E-state index contributed by atoms with van der Waals surface area (Å²) < 4.78 is 5.18. The van der Waals surface area contributed by atoms with Gasteiger partial charge in [0.15, 0.2) is 0 Å². The molecule has 6 heteroatoms.